The van der Waals surface area contributed by atoms with Crippen molar-refractivity contribution < 1.29 is 4.92 Å². The van der Waals surface area contributed by atoms with Gasteiger partial charge in [0, 0.05) is 12.3 Å². The van der Waals surface area contributed by atoms with Crippen molar-refractivity contribution in [2.24, 2.45) is 0 Å². The fourth-order valence-electron chi connectivity index (χ4n) is 0.863. The summed E-state index contributed by atoms with van der Waals surface area (Å²) in [4.78, 5) is 14.0. The topological polar surface area (TPSA) is 56.0 Å². The van der Waals surface area contributed by atoms with E-state index in [1.807, 2.05) is 6.92 Å². The predicted molar refractivity (Wildman–Crippen MR) is 48.0 cm³/mol. The molecule has 5 heteroatoms. The zero-order chi connectivity index (χ0) is 9.14. The lowest BCUT2D eigenvalue weighted by Crippen LogP contribution is -1.94. The molecule has 1 heterocycles. The van der Waals surface area contributed by atoms with Gasteiger partial charge >= 0.3 is 0 Å². The van der Waals surface area contributed by atoms with E-state index in [1.165, 1.54) is 12.3 Å². The van der Waals surface area contributed by atoms with Crippen LogP contribution in [0.15, 0.2) is 16.7 Å². The fraction of sp³-hybridized carbons (Fsp3) is 0.286. The minimum Gasteiger partial charge on any atom is -0.260 e. The molecule has 1 aromatic heterocycles. The molecule has 0 atom stereocenters. The van der Waals surface area contributed by atoms with Gasteiger partial charge in [-0.05, 0) is 22.4 Å². The molecular formula is C7H7BrN2O2. The number of aryl methyl sites for hydroxylation is 1. The third-order valence-corrected chi connectivity index (χ3v) is 2.34. The smallest absolute Gasteiger partial charge is 0.260 e. The Kier molecular flexibility index (Phi) is 2.75. The third kappa shape index (κ3) is 1.61. The minimum absolute atomic E-state index is 0.0712. The standard InChI is InChI=1S/C7H7BrN2O2/c1-2-5-7(8)6(10(11)12)3-4-9-5/h3-4H,2H2,1H3. The predicted octanol–water partition coefficient (Wildman–Crippen LogP) is 2.31. The number of nitro groups is 1. The molecule has 0 aliphatic rings. The van der Waals surface area contributed by atoms with Crippen molar-refractivity contribution in [1.29, 1.82) is 0 Å². The van der Waals surface area contributed by atoms with Gasteiger partial charge in [-0.2, -0.15) is 0 Å². The molecule has 0 radical (unpaired) electrons. The highest BCUT2D eigenvalue weighted by atomic mass is 79.9. The van der Waals surface area contributed by atoms with E-state index in [0.717, 1.165) is 0 Å². The van der Waals surface area contributed by atoms with Crippen LogP contribution in [0, 0.1) is 10.1 Å². The van der Waals surface area contributed by atoms with E-state index in [9.17, 15) is 10.1 Å². The maximum Gasteiger partial charge on any atom is 0.286 e. The van der Waals surface area contributed by atoms with E-state index in [2.05, 4.69) is 20.9 Å². The first-order valence-electron chi connectivity index (χ1n) is 3.44. The first-order valence-corrected chi connectivity index (χ1v) is 4.24. The van der Waals surface area contributed by atoms with Crippen LogP contribution in [0.1, 0.15) is 12.6 Å². The molecule has 1 aromatic rings. The summed E-state index contributed by atoms with van der Waals surface area (Å²) in [6.45, 7) is 1.90. The van der Waals surface area contributed by atoms with Crippen LogP contribution in [0.3, 0.4) is 0 Å². The summed E-state index contributed by atoms with van der Waals surface area (Å²) < 4.78 is 0.484. The Morgan fingerprint density at radius 1 is 1.75 bits per heavy atom. The highest BCUT2D eigenvalue weighted by Gasteiger charge is 2.14. The Morgan fingerprint density at radius 3 is 2.92 bits per heavy atom. The van der Waals surface area contributed by atoms with Crippen LogP contribution in [0.4, 0.5) is 5.69 Å². The normalized spacial score (nSPS) is 9.83. The maximum absolute atomic E-state index is 10.4. The van der Waals surface area contributed by atoms with Gasteiger partial charge in [-0.15, -0.1) is 0 Å². The van der Waals surface area contributed by atoms with Crippen molar-refractivity contribution >= 4 is 21.6 Å². The van der Waals surface area contributed by atoms with Crippen LogP contribution in [-0.4, -0.2) is 9.91 Å². The van der Waals surface area contributed by atoms with Gasteiger partial charge < -0.3 is 0 Å². The Morgan fingerprint density at radius 2 is 2.42 bits per heavy atom. The van der Waals surface area contributed by atoms with E-state index >= 15 is 0 Å². The molecule has 0 aliphatic heterocycles. The molecule has 0 fully saturated rings. The Hall–Kier alpha value is -0.970. The molecule has 0 bridgehead atoms. The summed E-state index contributed by atoms with van der Waals surface area (Å²) in [5.74, 6) is 0. The van der Waals surface area contributed by atoms with Crippen LogP contribution in [0.25, 0.3) is 0 Å². The summed E-state index contributed by atoms with van der Waals surface area (Å²) in [5, 5.41) is 10.4. The molecule has 0 spiro atoms. The Labute approximate surface area is 77.9 Å². The number of pyridine rings is 1. The monoisotopic (exact) mass is 230 g/mol. The highest BCUT2D eigenvalue weighted by Crippen LogP contribution is 2.26. The average molecular weight is 231 g/mol. The van der Waals surface area contributed by atoms with Gasteiger partial charge in [-0.3, -0.25) is 15.1 Å². The van der Waals surface area contributed by atoms with E-state index in [1.54, 1.807) is 0 Å². The fourth-order valence-corrected chi connectivity index (χ4v) is 1.52. The summed E-state index contributed by atoms with van der Waals surface area (Å²) >= 11 is 3.14. The largest absolute Gasteiger partial charge is 0.286 e. The Balaban J connectivity index is 3.23. The van der Waals surface area contributed by atoms with Gasteiger partial charge in [0.05, 0.1) is 10.6 Å². The maximum atomic E-state index is 10.4. The van der Waals surface area contributed by atoms with Crippen molar-refractivity contribution in [1.82, 2.24) is 4.98 Å². The lowest BCUT2D eigenvalue weighted by molar-refractivity contribution is -0.385. The van der Waals surface area contributed by atoms with Gasteiger partial charge in [0.15, 0.2) is 0 Å². The molecule has 0 amide bonds. The number of nitrogens with zero attached hydrogens (tertiary/aromatic N) is 2. The summed E-state index contributed by atoms with van der Waals surface area (Å²) in [7, 11) is 0. The van der Waals surface area contributed by atoms with Crippen LogP contribution in [0.2, 0.25) is 0 Å². The highest BCUT2D eigenvalue weighted by molar-refractivity contribution is 9.10. The van der Waals surface area contributed by atoms with E-state index in [0.29, 0.717) is 16.6 Å². The lowest BCUT2D eigenvalue weighted by atomic mass is 10.3. The lowest BCUT2D eigenvalue weighted by Gasteiger charge is -1.99. The van der Waals surface area contributed by atoms with Crippen LogP contribution < -0.4 is 0 Å². The molecule has 12 heavy (non-hydrogen) atoms. The molecule has 4 nitrogen and oxygen atoms in total. The number of rotatable bonds is 2. The zero-order valence-corrected chi connectivity index (χ0v) is 8.04. The molecule has 0 saturated carbocycles. The second-order valence-electron chi connectivity index (χ2n) is 2.20. The van der Waals surface area contributed by atoms with Crippen molar-refractivity contribution in [3.63, 3.8) is 0 Å². The van der Waals surface area contributed by atoms with Crippen molar-refractivity contribution in [2.75, 3.05) is 0 Å². The second-order valence-corrected chi connectivity index (χ2v) is 2.99. The van der Waals surface area contributed by atoms with Crippen LogP contribution in [-0.2, 0) is 6.42 Å². The summed E-state index contributed by atoms with van der Waals surface area (Å²) in [5.41, 5.74) is 0.783. The first kappa shape index (κ1) is 9.12. The van der Waals surface area contributed by atoms with Gasteiger partial charge in [-0.25, -0.2) is 0 Å². The molecule has 0 aromatic carbocycles. The average Bonchev–Trinajstić information content (AvgIpc) is 2.04. The van der Waals surface area contributed by atoms with Gasteiger partial charge in [0.1, 0.15) is 4.47 Å². The molecular weight excluding hydrogens is 224 g/mol. The van der Waals surface area contributed by atoms with E-state index in [-0.39, 0.29) is 5.69 Å². The summed E-state index contributed by atoms with van der Waals surface area (Å²) in [6.07, 6.45) is 2.13. The molecule has 0 unspecified atom stereocenters. The zero-order valence-electron chi connectivity index (χ0n) is 6.45. The number of hydrogen-bond donors (Lipinski definition) is 0. The van der Waals surface area contributed by atoms with Crippen molar-refractivity contribution in [3.05, 3.63) is 32.5 Å². The van der Waals surface area contributed by atoms with Gasteiger partial charge in [0.2, 0.25) is 0 Å². The van der Waals surface area contributed by atoms with E-state index < -0.39 is 4.92 Å². The second kappa shape index (κ2) is 3.62. The summed E-state index contributed by atoms with van der Waals surface area (Å²) in [6, 6.07) is 1.38. The number of hydrogen-bond acceptors (Lipinski definition) is 3. The molecule has 0 aliphatic carbocycles. The number of aromatic nitrogens is 1. The number of halogens is 1. The molecule has 1 rings (SSSR count). The molecule has 0 saturated heterocycles. The molecule has 64 valence electrons. The SMILES string of the molecule is CCc1nccc([N+](=O)[O-])c1Br. The van der Waals surface area contributed by atoms with Crippen molar-refractivity contribution in [2.45, 2.75) is 13.3 Å². The Bertz CT molecular complexity index is 314. The van der Waals surface area contributed by atoms with Crippen molar-refractivity contribution in [3.8, 4) is 0 Å². The van der Waals surface area contributed by atoms with Gasteiger partial charge in [0.25, 0.3) is 5.69 Å². The third-order valence-electron chi connectivity index (χ3n) is 1.47. The van der Waals surface area contributed by atoms with Gasteiger partial charge in [-0.1, -0.05) is 6.92 Å². The van der Waals surface area contributed by atoms with Crippen LogP contribution >= 0.6 is 15.9 Å². The minimum atomic E-state index is -0.426. The van der Waals surface area contributed by atoms with E-state index in [4.69, 9.17) is 0 Å². The quantitative estimate of drug-likeness (QED) is 0.579. The van der Waals surface area contributed by atoms with Crippen LogP contribution in [0.5, 0.6) is 0 Å². The molecule has 0 N–H and O–H groups in total. The first-order chi connectivity index (χ1) is 5.66.